The monoisotopic (exact) mass is 268 g/mol. The van der Waals surface area contributed by atoms with Crippen molar-refractivity contribution in [3.05, 3.63) is 23.8 Å². The van der Waals surface area contributed by atoms with E-state index in [2.05, 4.69) is 0 Å². The minimum absolute atomic E-state index is 0.235. The number of methoxy groups -OCH3 is 3. The van der Waals surface area contributed by atoms with E-state index in [4.69, 9.17) is 14.2 Å². The molecule has 0 aromatic heterocycles. The maximum atomic E-state index is 10.3. The number of hydrogen-bond donors (Lipinski definition) is 1. The van der Waals surface area contributed by atoms with Gasteiger partial charge in [-0.05, 0) is 38.8 Å². The molecule has 0 saturated heterocycles. The van der Waals surface area contributed by atoms with Crippen LogP contribution in [0.15, 0.2) is 18.2 Å². The van der Waals surface area contributed by atoms with Gasteiger partial charge in [0.2, 0.25) is 0 Å². The first kappa shape index (κ1) is 15.8. The molecule has 0 saturated carbocycles. The zero-order chi connectivity index (χ0) is 14.5. The number of aliphatic hydroxyl groups is 1. The Labute approximate surface area is 115 Å². The van der Waals surface area contributed by atoms with Crippen molar-refractivity contribution in [2.24, 2.45) is 0 Å². The highest BCUT2D eigenvalue weighted by molar-refractivity contribution is 5.41. The quantitative estimate of drug-likeness (QED) is 0.826. The minimum Gasteiger partial charge on any atom is -0.497 e. The van der Waals surface area contributed by atoms with Gasteiger partial charge in [0.1, 0.15) is 11.5 Å². The van der Waals surface area contributed by atoms with Crippen LogP contribution in [0.2, 0.25) is 0 Å². The summed E-state index contributed by atoms with van der Waals surface area (Å²) in [6.45, 7) is 4.01. The average molecular weight is 268 g/mol. The third kappa shape index (κ3) is 4.40. The highest BCUT2D eigenvalue weighted by Crippen LogP contribution is 2.33. The smallest absolute Gasteiger partial charge is 0.128 e. The van der Waals surface area contributed by atoms with Gasteiger partial charge in [-0.25, -0.2) is 0 Å². The molecule has 0 spiro atoms. The lowest BCUT2D eigenvalue weighted by atomic mass is 9.96. The normalized spacial score (nSPS) is 13.2. The molecule has 0 bridgehead atoms. The molecule has 1 rings (SSSR count). The lowest BCUT2D eigenvalue weighted by Crippen LogP contribution is -2.23. The highest BCUT2D eigenvalue weighted by Gasteiger charge is 2.21. The summed E-state index contributed by atoms with van der Waals surface area (Å²) in [5.41, 5.74) is 0.538. The van der Waals surface area contributed by atoms with Crippen LogP contribution in [0, 0.1) is 0 Å². The van der Waals surface area contributed by atoms with Gasteiger partial charge in [-0.1, -0.05) is 0 Å². The Kier molecular flexibility index (Phi) is 5.63. The van der Waals surface area contributed by atoms with Gasteiger partial charge in [-0.15, -0.1) is 0 Å². The highest BCUT2D eigenvalue weighted by atomic mass is 16.5. The van der Waals surface area contributed by atoms with Crippen LogP contribution >= 0.6 is 0 Å². The molecule has 1 aromatic carbocycles. The molecular weight excluding hydrogens is 244 g/mol. The van der Waals surface area contributed by atoms with E-state index in [9.17, 15) is 5.11 Å². The number of hydrogen-bond acceptors (Lipinski definition) is 4. The second kappa shape index (κ2) is 6.78. The number of ether oxygens (including phenoxy) is 3. The maximum absolute atomic E-state index is 10.3. The molecule has 1 atom stereocenters. The Morgan fingerprint density at radius 3 is 2.37 bits per heavy atom. The van der Waals surface area contributed by atoms with E-state index in [1.807, 2.05) is 26.0 Å². The van der Waals surface area contributed by atoms with Crippen LogP contribution in [0.25, 0.3) is 0 Å². The van der Waals surface area contributed by atoms with E-state index < -0.39 is 6.10 Å². The van der Waals surface area contributed by atoms with Crippen molar-refractivity contribution in [3.8, 4) is 11.5 Å². The van der Waals surface area contributed by atoms with Gasteiger partial charge >= 0.3 is 0 Å². The predicted octanol–water partition coefficient (Wildman–Crippen LogP) is 2.94. The molecule has 0 radical (unpaired) electrons. The molecule has 0 aliphatic heterocycles. The van der Waals surface area contributed by atoms with E-state index in [-0.39, 0.29) is 5.60 Å². The van der Waals surface area contributed by atoms with Crippen molar-refractivity contribution in [1.29, 1.82) is 0 Å². The second-order valence-corrected chi connectivity index (χ2v) is 5.13. The van der Waals surface area contributed by atoms with Gasteiger partial charge in [-0.2, -0.15) is 0 Å². The van der Waals surface area contributed by atoms with Gasteiger partial charge in [0.15, 0.2) is 0 Å². The molecule has 0 heterocycles. The molecule has 4 nitrogen and oxygen atoms in total. The summed E-state index contributed by atoms with van der Waals surface area (Å²) in [7, 11) is 4.87. The molecule has 4 heteroatoms. The van der Waals surface area contributed by atoms with Gasteiger partial charge in [0, 0.05) is 18.7 Å². The number of aliphatic hydroxyl groups excluding tert-OH is 1. The van der Waals surface area contributed by atoms with Crippen LogP contribution in [-0.4, -0.2) is 32.0 Å². The molecule has 1 unspecified atom stereocenters. The summed E-state index contributed by atoms with van der Waals surface area (Å²) in [6.07, 6.45) is 0.805. The van der Waals surface area contributed by atoms with Gasteiger partial charge in [0.05, 0.1) is 25.9 Å². The fourth-order valence-electron chi connectivity index (χ4n) is 1.84. The van der Waals surface area contributed by atoms with Crippen molar-refractivity contribution in [2.75, 3.05) is 21.3 Å². The van der Waals surface area contributed by atoms with Crippen LogP contribution in [0.1, 0.15) is 38.4 Å². The fourth-order valence-corrected chi connectivity index (χ4v) is 1.84. The Hall–Kier alpha value is -1.26. The van der Waals surface area contributed by atoms with E-state index in [1.165, 1.54) is 0 Å². The standard InChI is InChI=1S/C15H24O4/c1-15(2,19-5)9-8-13(16)12-7-6-11(17-3)10-14(12)18-4/h6-7,10,13,16H,8-9H2,1-5H3. The average Bonchev–Trinajstić information content (AvgIpc) is 2.44. The second-order valence-electron chi connectivity index (χ2n) is 5.13. The Balaban J connectivity index is 2.79. The topological polar surface area (TPSA) is 47.9 Å². The third-order valence-corrected chi connectivity index (χ3v) is 3.37. The van der Waals surface area contributed by atoms with E-state index >= 15 is 0 Å². The Morgan fingerprint density at radius 2 is 1.84 bits per heavy atom. The van der Waals surface area contributed by atoms with Crippen molar-refractivity contribution in [2.45, 2.75) is 38.4 Å². The summed E-state index contributed by atoms with van der Waals surface area (Å²) in [6, 6.07) is 5.44. The molecular formula is C15H24O4. The molecule has 0 aliphatic carbocycles. The third-order valence-electron chi connectivity index (χ3n) is 3.37. The number of benzene rings is 1. The van der Waals surface area contributed by atoms with Gasteiger partial charge in [-0.3, -0.25) is 0 Å². The summed E-state index contributed by atoms with van der Waals surface area (Å²) >= 11 is 0. The van der Waals surface area contributed by atoms with E-state index in [0.717, 1.165) is 12.0 Å². The zero-order valence-electron chi connectivity index (χ0n) is 12.4. The molecule has 0 fully saturated rings. The minimum atomic E-state index is -0.574. The van der Waals surface area contributed by atoms with Crippen LogP contribution in [0.5, 0.6) is 11.5 Å². The summed E-state index contributed by atoms with van der Waals surface area (Å²) in [4.78, 5) is 0. The molecule has 1 N–H and O–H groups in total. The SMILES string of the molecule is COc1ccc(C(O)CCC(C)(C)OC)c(OC)c1. The van der Waals surface area contributed by atoms with Crippen molar-refractivity contribution >= 4 is 0 Å². The van der Waals surface area contributed by atoms with Crippen LogP contribution < -0.4 is 9.47 Å². The Morgan fingerprint density at radius 1 is 1.16 bits per heavy atom. The first-order valence-corrected chi connectivity index (χ1v) is 6.38. The van der Waals surface area contributed by atoms with Crippen molar-refractivity contribution in [1.82, 2.24) is 0 Å². The first-order chi connectivity index (χ1) is 8.93. The van der Waals surface area contributed by atoms with Gasteiger partial charge < -0.3 is 19.3 Å². The van der Waals surface area contributed by atoms with Crippen molar-refractivity contribution in [3.63, 3.8) is 0 Å². The molecule has 0 aliphatic rings. The van der Waals surface area contributed by atoms with Crippen LogP contribution in [0.3, 0.4) is 0 Å². The predicted molar refractivity (Wildman–Crippen MR) is 74.8 cm³/mol. The van der Waals surface area contributed by atoms with E-state index in [0.29, 0.717) is 17.9 Å². The molecule has 0 amide bonds. The molecule has 108 valence electrons. The number of rotatable bonds is 7. The van der Waals surface area contributed by atoms with Gasteiger partial charge in [0.25, 0.3) is 0 Å². The largest absolute Gasteiger partial charge is 0.497 e. The summed E-state index contributed by atoms with van der Waals surface area (Å²) < 4.78 is 15.8. The lowest BCUT2D eigenvalue weighted by molar-refractivity contribution is 0.00258. The Bertz CT molecular complexity index is 401. The zero-order valence-corrected chi connectivity index (χ0v) is 12.4. The lowest BCUT2D eigenvalue weighted by Gasteiger charge is -2.24. The first-order valence-electron chi connectivity index (χ1n) is 6.38. The van der Waals surface area contributed by atoms with Crippen LogP contribution in [0.4, 0.5) is 0 Å². The summed E-state index contributed by atoms with van der Waals surface area (Å²) in [5.74, 6) is 1.35. The van der Waals surface area contributed by atoms with Crippen LogP contribution in [-0.2, 0) is 4.74 Å². The summed E-state index contributed by atoms with van der Waals surface area (Å²) in [5, 5.41) is 10.3. The molecule has 1 aromatic rings. The maximum Gasteiger partial charge on any atom is 0.128 e. The van der Waals surface area contributed by atoms with Crippen molar-refractivity contribution < 1.29 is 19.3 Å². The fraction of sp³-hybridized carbons (Fsp3) is 0.600. The molecule has 19 heavy (non-hydrogen) atoms. The van der Waals surface area contributed by atoms with E-state index in [1.54, 1.807) is 27.4 Å².